The van der Waals surface area contributed by atoms with Crippen LogP contribution in [0.25, 0.3) is 0 Å². The lowest BCUT2D eigenvalue weighted by Gasteiger charge is -2.04. The number of hydrogen-bond acceptors (Lipinski definition) is 3. The average molecular weight is 360 g/mol. The fourth-order valence-corrected chi connectivity index (χ4v) is 1.95. The average Bonchev–Trinajstić information content (AvgIpc) is 2.74. The molecule has 0 bridgehead atoms. The Morgan fingerprint density at radius 1 is 1.56 bits per heavy atom. The lowest BCUT2D eigenvalue weighted by Crippen LogP contribution is -2.11. The summed E-state index contributed by atoms with van der Waals surface area (Å²) in [7, 11) is 1.38. The summed E-state index contributed by atoms with van der Waals surface area (Å²) in [4.78, 5) is 11.9. The third-order valence-electron chi connectivity index (χ3n) is 2.38. The van der Waals surface area contributed by atoms with Gasteiger partial charge in [-0.25, -0.2) is 4.39 Å². The number of ether oxygens (including phenoxy) is 1. The first kappa shape index (κ1) is 13.0. The van der Waals surface area contributed by atoms with Crippen molar-refractivity contribution >= 4 is 28.4 Å². The Balaban J connectivity index is 2.16. The van der Waals surface area contributed by atoms with E-state index in [0.717, 1.165) is 3.57 Å². The smallest absolute Gasteiger partial charge is 0.184 e. The Hall–Kier alpha value is -1.44. The molecule has 0 amide bonds. The van der Waals surface area contributed by atoms with Gasteiger partial charge in [-0.2, -0.15) is 5.10 Å². The summed E-state index contributed by atoms with van der Waals surface area (Å²) in [5.74, 6) is -0.616. The molecular formula is C12H10FIN2O2. The SMILES string of the molecule is COc1ccc(C(=O)Cn2cc(I)cn2)cc1F. The fourth-order valence-electron chi connectivity index (χ4n) is 1.50. The second-order valence-electron chi connectivity index (χ2n) is 3.63. The van der Waals surface area contributed by atoms with Crippen molar-refractivity contribution in [2.75, 3.05) is 7.11 Å². The minimum absolute atomic E-state index is 0.0920. The van der Waals surface area contributed by atoms with Crippen molar-refractivity contribution in [3.63, 3.8) is 0 Å². The van der Waals surface area contributed by atoms with Crippen LogP contribution in [0.1, 0.15) is 10.4 Å². The fraction of sp³-hybridized carbons (Fsp3) is 0.167. The third kappa shape index (κ3) is 2.87. The van der Waals surface area contributed by atoms with Crippen LogP contribution in [-0.2, 0) is 6.54 Å². The normalized spacial score (nSPS) is 10.4. The van der Waals surface area contributed by atoms with Crippen molar-refractivity contribution in [1.82, 2.24) is 9.78 Å². The summed E-state index contributed by atoms with van der Waals surface area (Å²) >= 11 is 2.11. The quantitative estimate of drug-likeness (QED) is 0.622. The molecule has 0 aliphatic rings. The van der Waals surface area contributed by atoms with Crippen LogP contribution in [0.15, 0.2) is 30.6 Å². The zero-order chi connectivity index (χ0) is 13.1. The minimum Gasteiger partial charge on any atom is -0.494 e. The highest BCUT2D eigenvalue weighted by molar-refractivity contribution is 14.1. The number of ketones is 1. The van der Waals surface area contributed by atoms with Crippen molar-refractivity contribution in [2.45, 2.75) is 6.54 Å². The summed E-state index contributed by atoms with van der Waals surface area (Å²) in [6.07, 6.45) is 3.40. The number of methoxy groups -OCH3 is 1. The highest BCUT2D eigenvalue weighted by atomic mass is 127. The molecule has 94 valence electrons. The predicted octanol–water partition coefficient (Wildman–Crippen LogP) is 2.52. The van der Waals surface area contributed by atoms with Gasteiger partial charge in [-0.15, -0.1) is 0 Å². The molecule has 0 spiro atoms. The van der Waals surface area contributed by atoms with Gasteiger partial charge in [0, 0.05) is 11.8 Å². The first-order valence-corrected chi connectivity index (χ1v) is 6.22. The number of carbonyl (C=O) groups is 1. The van der Waals surface area contributed by atoms with Crippen LogP contribution in [0.5, 0.6) is 5.75 Å². The molecular weight excluding hydrogens is 350 g/mol. The summed E-state index contributed by atoms with van der Waals surface area (Å²) in [5, 5.41) is 4.01. The molecule has 0 aliphatic carbocycles. The Bertz CT molecular complexity index is 583. The second-order valence-corrected chi connectivity index (χ2v) is 4.87. The van der Waals surface area contributed by atoms with E-state index in [2.05, 4.69) is 27.7 Å². The maximum Gasteiger partial charge on any atom is 0.184 e. The number of halogens is 2. The van der Waals surface area contributed by atoms with Crippen molar-refractivity contribution < 1.29 is 13.9 Å². The van der Waals surface area contributed by atoms with E-state index in [9.17, 15) is 9.18 Å². The topological polar surface area (TPSA) is 44.1 Å². The summed E-state index contributed by atoms with van der Waals surface area (Å²) in [6.45, 7) is 0.0920. The summed E-state index contributed by atoms with van der Waals surface area (Å²) in [6, 6.07) is 4.16. The lowest BCUT2D eigenvalue weighted by atomic mass is 10.1. The number of hydrogen-bond donors (Lipinski definition) is 0. The molecule has 6 heteroatoms. The molecule has 0 atom stereocenters. The van der Waals surface area contributed by atoms with E-state index < -0.39 is 5.82 Å². The lowest BCUT2D eigenvalue weighted by molar-refractivity contribution is 0.0967. The van der Waals surface area contributed by atoms with Gasteiger partial charge in [-0.05, 0) is 40.8 Å². The molecule has 1 aromatic carbocycles. The van der Waals surface area contributed by atoms with E-state index in [1.54, 1.807) is 18.5 Å². The van der Waals surface area contributed by atoms with Crippen molar-refractivity contribution in [3.05, 3.63) is 45.5 Å². The molecule has 0 radical (unpaired) electrons. The van der Waals surface area contributed by atoms with Gasteiger partial charge in [0.2, 0.25) is 0 Å². The number of carbonyl (C=O) groups excluding carboxylic acids is 1. The van der Waals surface area contributed by atoms with E-state index in [4.69, 9.17) is 4.74 Å². The van der Waals surface area contributed by atoms with E-state index in [1.807, 2.05) is 0 Å². The van der Waals surface area contributed by atoms with Crippen LogP contribution in [0.3, 0.4) is 0 Å². The Morgan fingerprint density at radius 2 is 2.33 bits per heavy atom. The summed E-state index contributed by atoms with van der Waals surface area (Å²) in [5.41, 5.74) is 0.304. The van der Waals surface area contributed by atoms with Gasteiger partial charge in [0.15, 0.2) is 17.3 Å². The van der Waals surface area contributed by atoms with E-state index in [-0.39, 0.29) is 18.1 Å². The molecule has 0 unspecified atom stereocenters. The molecule has 4 nitrogen and oxygen atoms in total. The highest BCUT2D eigenvalue weighted by Crippen LogP contribution is 2.18. The van der Waals surface area contributed by atoms with Crippen LogP contribution in [0.2, 0.25) is 0 Å². The molecule has 1 heterocycles. The van der Waals surface area contributed by atoms with Crippen LogP contribution in [0, 0.1) is 9.39 Å². The van der Waals surface area contributed by atoms with E-state index in [1.165, 1.54) is 23.9 Å². The molecule has 2 rings (SSSR count). The van der Waals surface area contributed by atoms with Crippen molar-refractivity contribution in [3.8, 4) is 5.75 Å². The number of Topliss-reactive ketones (excluding diaryl/α,β-unsaturated/α-hetero) is 1. The van der Waals surface area contributed by atoms with Crippen molar-refractivity contribution in [2.24, 2.45) is 0 Å². The first-order valence-electron chi connectivity index (χ1n) is 5.15. The van der Waals surface area contributed by atoms with Crippen LogP contribution in [-0.4, -0.2) is 22.7 Å². The Labute approximate surface area is 117 Å². The van der Waals surface area contributed by atoms with Crippen molar-refractivity contribution in [1.29, 1.82) is 0 Å². The van der Waals surface area contributed by atoms with Gasteiger partial charge < -0.3 is 4.74 Å². The molecule has 18 heavy (non-hydrogen) atoms. The Morgan fingerprint density at radius 3 is 2.89 bits per heavy atom. The largest absolute Gasteiger partial charge is 0.494 e. The first-order chi connectivity index (χ1) is 8.60. The van der Waals surface area contributed by atoms with Gasteiger partial charge in [-0.3, -0.25) is 9.48 Å². The zero-order valence-electron chi connectivity index (χ0n) is 9.56. The van der Waals surface area contributed by atoms with Crippen LogP contribution < -0.4 is 4.74 Å². The number of benzene rings is 1. The number of nitrogens with zero attached hydrogens (tertiary/aromatic N) is 2. The molecule has 0 saturated heterocycles. The maximum atomic E-state index is 13.5. The predicted molar refractivity (Wildman–Crippen MR) is 72.2 cm³/mol. The summed E-state index contributed by atoms with van der Waals surface area (Å²) < 4.78 is 20.7. The molecule has 2 aromatic rings. The molecule has 0 aliphatic heterocycles. The van der Waals surface area contributed by atoms with Gasteiger partial charge in [0.05, 0.1) is 16.9 Å². The molecule has 0 fully saturated rings. The highest BCUT2D eigenvalue weighted by Gasteiger charge is 2.11. The molecule has 0 N–H and O–H groups in total. The monoisotopic (exact) mass is 360 g/mol. The van der Waals surface area contributed by atoms with Gasteiger partial charge >= 0.3 is 0 Å². The zero-order valence-corrected chi connectivity index (χ0v) is 11.7. The van der Waals surface area contributed by atoms with Gasteiger partial charge in [0.1, 0.15) is 6.54 Å². The maximum absolute atomic E-state index is 13.5. The van der Waals surface area contributed by atoms with E-state index in [0.29, 0.717) is 5.56 Å². The van der Waals surface area contributed by atoms with Crippen LogP contribution in [0.4, 0.5) is 4.39 Å². The minimum atomic E-state index is -0.543. The Kier molecular flexibility index (Phi) is 3.95. The molecule has 1 aromatic heterocycles. The number of rotatable bonds is 4. The number of aromatic nitrogens is 2. The second kappa shape index (κ2) is 5.47. The van der Waals surface area contributed by atoms with Gasteiger partial charge in [-0.1, -0.05) is 0 Å². The third-order valence-corrected chi connectivity index (χ3v) is 2.94. The van der Waals surface area contributed by atoms with E-state index >= 15 is 0 Å². The molecule has 0 saturated carbocycles. The van der Waals surface area contributed by atoms with Crippen LogP contribution >= 0.6 is 22.6 Å². The standard InChI is InChI=1S/C12H10FIN2O2/c1-18-12-3-2-8(4-10(12)13)11(17)7-16-6-9(14)5-15-16/h2-6H,7H2,1H3. The van der Waals surface area contributed by atoms with Gasteiger partial charge in [0.25, 0.3) is 0 Å².